The standard InChI is InChI=1S/C15H15NO/c1-12(16-11-17)14-9-5-6-10-15(14)13-7-3-2-4-8-13/h2-12H,1H3,(H,16,17)/t12-/m0/s1. The summed E-state index contributed by atoms with van der Waals surface area (Å²) in [5.74, 6) is 0. The third-order valence-corrected chi connectivity index (χ3v) is 2.83. The molecule has 2 aromatic rings. The molecule has 0 aliphatic carbocycles. The lowest BCUT2D eigenvalue weighted by atomic mass is 9.96. The SMILES string of the molecule is C[C@H](NC=O)c1ccccc1-c1ccccc1. The molecule has 2 nitrogen and oxygen atoms in total. The number of benzene rings is 2. The van der Waals surface area contributed by atoms with E-state index in [9.17, 15) is 4.79 Å². The number of hydrogen-bond acceptors (Lipinski definition) is 1. The van der Waals surface area contributed by atoms with Gasteiger partial charge in [0.2, 0.25) is 6.41 Å². The van der Waals surface area contributed by atoms with E-state index in [2.05, 4.69) is 23.5 Å². The maximum atomic E-state index is 10.5. The maximum absolute atomic E-state index is 10.5. The topological polar surface area (TPSA) is 29.1 Å². The van der Waals surface area contributed by atoms with Gasteiger partial charge >= 0.3 is 0 Å². The molecule has 17 heavy (non-hydrogen) atoms. The molecule has 0 spiro atoms. The maximum Gasteiger partial charge on any atom is 0.207 e. The summed E-state index contributed by atoms with van der Waals surface area (Å²) in [7, 11) is 0. The highest BCUT2D eigenvalue weighted by molar-refractivity contribution is 5.68. The molecule has 0 aliphatic heterocycles. The third kappa shape index (κ3) is 2.53. The summed E-state index contributed by atoms with van der Waals surface area (Å²) in [6.45, 7) is 1.98. The molecule has 2 rings (SSSR count). The lowest BCUT2D eigenvalue weighted by Gasteiger charge is -2.15. The number of rotatable bonds is 4. The largest absolute Gasteiger partial charge is 0.352 e. The van der Waals surface area contributed by atoms with E-state index in [1.54, 1.807) is 0 Å². The zero-order chi connectivity index (χ0) is 12.1. The summed E-state index contributed by atoms with van der Waals surface area (Å²) in [5.41, 5.74) is 3.46. The Kier molecular flexibility index (Phi) is 3.55. The van der Waals surface area contributed by atoms with Gasteiger partial charge in [-0.2, -0.15) is 0 Å². The molecular formula is C15H15NO. The van der Waals surface area contributed by atoms with Gasteiger partial charge < -0.3 is 5.32 Å². The minimum absolute atomic E-state index is 0.0175. The first-order valence-electron chi connectivity index (χ1n) is 5.67. The molecule has 1 N–H and O–H groups in total. The Morgan fingerprint density at radius 2 is 1.65 bits per heavy atom. The van der Waals surface area contributed by atoms with Crippen LogP contribution in [0.15, 0.2) is 54.6 Å². The second-order valence-corrected chi connectivity index (χ2v) is 3.96. The van der Waals surface area contributed by atoms with Crippen molar-refractivity contribution < 1.29 is 4.79 Å². The summed E-state index contributed by atoms with van der Waals surface area (Å²) in [6.07, 6.45) is 0.743. The molecule has 0 aromatic heterocycles. The van der Waals surface area contributed by atoms with Crippen LogP contribution in [0.2, 0.25) is 0 Å². The van der Waals surface area contributed by atoms with Crippen LogP contribution in [0.5, 0.6) is 0 Å². The molecule has 2 heteroatoms. The van der Waals surface area contributed by atoms with Crippen LogP contribution in [0.3, 0.4) is 0 Å². The fourth-order valence-corrected chi connectivity index (χ4v) is 1.95. The van der Waals surface area contributed by atoms with Gasteiger partial charge in [0.15, 0.2) is 0 Å². The van der Waals surface area contributed by atoms with E-state index in [1.165, 1.54) is 5.56 Å². The highest BCUT2D eigenvalue weighted by Crippen LogP contribution is 2.27. The minimum atomic E-state index is 0.0175. The molecule has 0 fully saturated rings. The number of carbonyl (C=O) groups is 1. The number of amides is 1. The first kappa shape index (κ1) is 11.4. The van der Waals surface area contributed by atoms with Crippen molar-refractivity contribution in [2.75, 3.05) is 0 Å². The fraction of sp³-hybridized carbons (Fsp3) is 0.133. The van der Waals surface area contributed by atoms with Crippen LogP contribution in [0, 0.1) is 0 Å². The summed E-state index contributed by atoms with van der Waals surface area (Å²) < 4.78 is 0. The van der Waals surface area contributed by atoms with Crippen molar-refractivity contribution >= 4 is 6.41 Å². The van der Waals surface area contributed by atoms with Crippen LogP contribution in [-0.4, -0.2) is 6.41 Å². The van der Waals surface area contributed by atoms with Crippen molar-refractivity contribution in [1.82, 2.24) is 5.32 Å². The molecule has 0 unspecified atom stereocenters. The highest BCUT2D eigenvalue weighted by atomic mass is 16.1. The van der Waals surface area contributed by atoms with Gasteiger partial charge in [0.25, 0.3) is 0 Å². The summed E-state index contributed by atoms with van der Waals surface area (Å²) >= 11 is 0. The summed E-state index contributed by atoms with van der Waals surface area (Å²) in [6, 6.07) is 18.3. The van der Waals surface area contributed by atoms with Gasteiger partial charge in [-0.25, -0.2) is 0 Å². The molecule has 0 bridgehead atoms. The first-order chi connectivity index (χ1) is 8.33. The van der Waals surface area contributed by atoms with Crippen LogP contribution in [0.1, 0.15) is 18.5 Å². The van der Waals surface area contributed by atoms with E-state index < -0.39 is 0 Å². The monoisotopic (exact) mass is 225 g/mol. The molecule has 0 aliphatic rings. The second kappa shape index (κ2) is 5.30. The van der Waals surface area contributed by atoms with E-state index in [-0.39, 0.29) is 6.04 Å². The highest BCUT2D eigenvalue weighted by Gasteiger charge is 2.09. The van der Waals surface area contributed by atoms with Crippen molar-refractivity contribution in [3.8, 4) is 11.1 Å². The average Bonchev–Trinajstić information content (AvgIpc) is 2.40. The molecule has 0 heterocycles. The molecule has 86 valence electrons. The Morgan fingerprint density at radius 1 is 1.00 bits per heavy atom. The van der Waals surface area contributed by atoms with Crippen molar-refractivity contribution in [3.63, 3.8) is 0 Å². The normalized spacial score (nSPS) is 11.8. The van der Waals surface area contributed by atoms with Crippen LogP contribution in [0.4, 0.5) is 0 Å². The molecule has 2 aromatic carbocycles. The van der Waals surface area contributed by atoms with Gasteiger partial charge in [0.05, 0.1) is 6.04 Å². The van der Waals surface area contributed by atoms with Gasteiger partial charge in [-0.3, -0.25) is 4.79 Å². The zero-order valence-corrected chi connectivity index (χ0v) is 9.76. The minimum Gasteiger partial charge on any atom is -0.352 e. The van der Waals surface area contributed by atoms with Crippen LogP contribution in [0.25, 0.3) is 11.1 Å². The van der Waals surface area contributed by atoms with Gasteiger partial charge in [0.1, 0.15) is 0 Å². The number of hydrogen-bond donors (Lipinski definition) is 1. The molecular weight excluding hydrogens is 210 g/mol. The summed E-state index contributed by atoms with van der Waals surface area (Å²) in [4.78, 5) is 10.5. The Balaban J connectivity index is 2.44. The second-order valence-electron chi connectivity index (χ2n) is 3.96. The van der Waals surface area contributed by atoms with Gasteiger partial charge in [0, 0.05) is 0 Å². The number of carbonyl (C=O) groups excluding carboxylic acids is 1. The van der Waals surface area contributed by atoms with Crippen molar-refractivity contribution in [2.45, 2.75) is 13.0 Å². The lowest BCUT2D eigenvalue weighted by molar-refractivity contribution is -0.110. The fourth-order valence-electron chi connectivity index (χ4n) is 1.95. The summed E-state index contributed by atoms with van der Waals surface area (Å²) in [5, 5.41) is 2.79. The average molecular weight is 225 g/mol. The third-order valence-electron chi connectivity index (χ3n) is 2.83. The first-order valence-corrected chi connectivity index (χ1v) is 5.67. The van der Waals surface area contributed by atoms with Crippen molar-refractivity contribution in [2.24, 2.45) is 0 Å². The smallest absolute Gasteiger partial charge is 0.207 e. The molecule has 0 saturated heterocycles. The van der Waals surface area contributed by atoms with Crippen LogP contribution >= 0.6 is 0 Å². The predicted octanol–water partition coefficient (Wildman–Crippen LogP) is 3.16. The Labute approximate surface area is 101 Å². The number of nitrogens with one attached hydrogen (secondary N) is 1. The lowest BCUT2D eigenvalue weighted by Crippen LogP contribution is -2.16. The molecule has 0 saturated carbocycles. The molecule has 0 radical (unpaired) electrons. The quantitative estimate of drug-likeness (QED) is 0.796. The predicted molar refractivity (Wildman–Crippen MR) is 69.5 cm³/mol. The van der Waals surface area contributed by atoms with E-state index in [1.807, 2.05) is 43.3 Å². The van der Waals surface area contributed by atoms with E-state index in [0.717, 1.165) is 17.5 Å². The van der Waals surface area contributed by atoms with E-state index in [0.29, 0.717) is 0 Å². The van der Waals surface area contributed by atoms with Crippen LogP contribution < -0.4 is 5.32 Å². The van der Waals surface area contributed by atoms with Crippen molar-refractivity contribution in [1.29, 1.82) is 0 Å². The molecule has 1 atom stereocenters. The van der Waals surface area contributed by atoms with E-state index in [4.69, 9.17) is 0 Å². The van der Waals surface area contributed by atoms with Gasteiger partial charge in [-0.1, -0.05) is 54.6 Å². The van der Waals surface area contributed by atoms with Gasteiger partial charge in [-0.15, -0.1) is 0 Å². The Morgan fingerprint density at radius 3 is 2.35 bits per heavy atom. The Bertz CT molecular complexity index is 493. The van der Waals surface area contributed by atoms with Crippen molar-refractivity contribution in [3.05, 3.63) is 60.2 Å². The zero-order valence-electron chi connectivity index (χ0n) is 9.76. The van der Waals surface area contributed by atoms with Gasteiger partial charge in [-0.05, 0) is 23.6 Å². The van der Waals surface area contributed by atoms with Crippen LogP contribution in [-0.2, 0) is 4.79 Å². The van der Waals surface area contributed by atoms with E-state index >= 15 is 0 Å². The molecule has 1 amide bonds. The Hall–Kier alpha value is -2.09.